The van der Waals surface area contributed by atoms with Gasteiger partial charge in [-0.2, -0.15) is 0 Å². The minimum absolute atomic E-state index is 0.381. The Morgan fingerprint density at radius 2 is 1.09 bits per heavy atom. The van der Waals surface area contributed by atoms with Crippen molar-refractivity contribution in [2.45, 2.75) is 78.1 Å². The van der Waals surface area contributed by atoms with Crippen LogP contribution in [0.5, 0.6) is 0 Å². The number of hydrogen-bond acceptors (Lipinski definition) is 5. The molecule has 0 spiro atoms. The molecule has 0 unspecified atom stereocenters. The molecule has 0 aliphatic heterocycles. The van der Waals surface area contributed by atoms with Gasteiger partial charge in [0, 0.05) is 19.5 Å². The number of thiophene rings is 3. The second kappa shape index (κ2) is 12.5. The molecule has 178 valence electrons. The van der Waals surface area contributed by atoms with Crippen LogP contribution in [0, 0.1) is 0 Å². The molecule has 0 saturated heterocycles. The molecule has 2 N–H and O–H groups in total. The normalized spacial score (nSPS) is 11.2. The van der Waals surface area contributed by atoms with Crippen molar-refractivity contribution in [3.05, 3.63) is 45.1 Å². The summed E-state index contributed by atoms with van der Waals surface area (Å²) in [6.45, 7) is 4.37. The lowest BCUT2D eigenvalue weighted by Crippen LogP contribution is -1.90. The molecule has 33 heavy (non-hydrogen) atoms. The van der Waals surface area contributed by atoms with Gasteiger partial charge in [0.1, 0.15) is 9.75 Å². The first kappa shape index (κ1) is 25.7. The van der Waals surface area contributed by atoms with Crippen LogP contribution in [0.3, 0.4) is 0 Å². The molecule has 0 aromatic carbocycles. The standard InChI is InChI=1S/C26H32O4S3/c1-3-5-7-9-11-17-15-21(25(27)28)32-23(17)19-13-14-20(31-19)24-18(12-10-8-6-4-2)16-22(33-24)26(29)30/h13-16H,3-12H2,1-2H3,(H,27,28)(H,29,30). The van der Waals surface area contributed by atoms with E-state index in [9.17, 15) is 19.8 Å². The fraction of sp³-hybridized carbons (Fsp3) is 0.462. The SMILES string of the molecule is CCCCCCc1cc(C(=O)O)sc1-c1ccc(-c2sc(C(=O)O)cc2CCCCCC)s1. The summed E-state index contributed by atoms with van der Waals surface area (Å²) in [4.78, 5) is 28.2. The van der Waals surface area contributed by atoms with Gasteiger partial charge in [0.2, 0.25) is 0 Å². The van der Waals surface area contributed by atoms with Gasteiger partial charge >= 0.3 is 11.9 Å². The van der Waals surface area contributed by atoms with Crippen molar-refractivity contribution >= 4 is 45.9 Å². The van der Waals surface area contributed by atoms with Gasteiger partial charge in [-0.05, 0) is 61.1 Å². The molecule has 0 aliphatic rings. The second-order valence-electron chi connectivity index (χ2n) is 8.33. The number of aryl methyl sites for hydroxylation is 2. The van der Waals surface area contributed by atoms with Crippen LogP contribution >= 0.6 is 34.0 Å². The van der Waals surface area contributed by atoms with E-state index in [0.717, 1.165) is 69.2 Å². The lowest BCUT2D eigenvalue weighted by atomic mass is 10.1. The van der Waals surface area contributed by atoms with E-state index in [1.165, 1.54) is 48.4 Å². The van der Waals surface area contributed by atoms with Gasteiger partial charge in [-0.1, -0.05) is 52.4 Å². The van der Waals surface area contributed by atoms with Crippen LogP contribution in [-0.4, -0.2) is 22.2 Å². The molecule has 3 heterocycles. The lowest BCUT2D eigenvalue weighted by molar-refractivity contribution is 0.0691. The van der Waals surface area contributed by atoms with Crippen molar-refractivity contribution < 1.29 is 19.8 Å². The molecule has 3 aromatic rings. The molecule has 0 bridgehead atoms. The Bertz CT molecular complexity index is 991. The van der Waals surface area contributed by atoms with Crippen molar-refractivity contribution in [1.82, 2.24) is 0 Å². The van der Waals surface area contributed by atoms with Crippen LogP contribution < -0.4 is 0 Å². The molecular formula is C26H32O4S3. The Morgan fingerprint density at radius 3 is 1.45 bits per heavy atom. The third kappa shape index (κ3) is 6.78. The van der Waals surface area contributed by atoms with Crippen molar-refractivity contribution in [2.75, 3.05) is 0 Å². The molecule has 0 fully saturated rings. The van der Waals surface area contributed by atoms with Crippen molar-refractivity contribution in [1.29, 1.82) is 0 Å². The van der Waals surface area contributed by atoms with E-state index < -0.39 is 11.9 Å². The fourth-order valence-electron chi connectivity index (χ4n) is 3.92. The number of unbranched alkanes of at least 4 members (excludes halogenated alkanes) is 6. The molecular weight excluding hydrogens is 472 g/mol. The Balaban J connectivity index is 1.88. The van der Waals surface area contributed by atoms with E-state index in [4.69, 9.17) is 0 Å². The monoisotopic (exact) mass is 504 g/mol. The summed E-state index contributed by atoms with van der Waals surface area (Å²) in [7, 11) is 0. The Labute approximate surface area is 207 Å². The van der Waals surface area contributed by atoms with Crippen LogP contribution in [0.15, 0.2) is 24.3 Å². The molecule has 3 rings (SSSR count). The zero-order valence-electron chi connectivity index (χ0n) is 19.3. The van der Waals surface area contributed by atoms with Crippen LogP contribution in [0.1, 0.15) is 95.7 Å². The van der Waals surface area contributed by atoms with Gasteiger partial charge in [0.25, 0.3) is 0 Å². The summed E-state index contributed by atoms with van der Waals surface area (Å²) in [6.07, 6.45) is 10.9. The molecule has 3 aromatic heterocycles. The van der Waals surface area contributed by atoms with E-state index in [1.807, 2.05) is 12.1 Å². The molecule has 7 heteroatoms. The predicted molar refractivity (Wildman–Crippen MR) is 141 cm³/mol. The van der Waals surface area contributed by atoms with E-state index >= 15 is 0 Å². The van der Waals surface area contributed by atoms with Crippen molar-refractivity contribution in [3.63, 3.8) is 0 Å². The Morgan fingerprint density at radius 1 is 0.667 bits per heavy atom. The number of carboxylic acids is 2. The van der Waals surface area contributed by atoms with Crippen LogP contribution in [0.2, 0.25) is 0 Å². The summed E-state index contributed by atoms with van der Waals surface area (Å²) in [5.74, 6) is -1.76. The zero-order valence-corrected chi connectivity index (χ0v) is 21.8. The summed E-state index contributed by atoms with van der Waals surface area (Å²) in [5, 5.41) is 19.1. The van der Waals surface area contributed by atoms with Gasteiger partial charge in [-0.3, -0.25) is 0 Å². The van der Waals surface area contributed by atoms with Crippen molar-refractivity contribution in [2.24, 2.45) is 0 Å². The number of rotatable bonds is 14. The summed E-state index contributed by atoms with van der Waals surface area (Å²) in [5.41, 5.74) is 2.22. The highest BCUT2D eigenvalue weighted by molar-refractivity contribution is 7.27. The van der Waals surface area contributed by atoms with Gasteiger partial charge < -0.3 is 10.2 Å². The molecule has 0 saturated carbocycles. The average molecular weight is 505 g/mol. The van der Waals surface area contributed by atoms with E-state index in [0.29, 0.717) is 9.75 Å². The maximum atomic E-state index is 11.6. The number of aromatic carboxylic acids is 2. The summed E-state index contributed by atoms with van der Waals surface area (Å²) in [6, 6.07) is 7.79. The number of hydrogen-bond donors (Lipinski definition) is 2. The van der Waals surface area contributed by atoms with Gasteiger partial charge in [-0.15, -0.1) is 34.0 Å². The molecule has 0 atom stereocenters. The number of carboxylic acid groups (broad SMARTS) is 2. The molecule has 4 nitrogen and oxygen atoms in total. The van der Waals surface area contributed by atoms with E-state index in [-0.39, 0.29) is 0 Å². The van der Waals surface area contributed by atoms with Crippen LogP contribution in [-0.2, 0) is 12.8 Å². The highest BCUT2D eigenvalue weighted by Gasteiger charge is 2.20. The summed E-state index contributed by atoms with van der Waals surface area (Å²) < 4.78 is 0. The minimum atomic E-state index is -0.878. The largest absolute Gasteiger partial charge is 0.477 e. The highest BCUT2D eigenvalue weighted by atomic mass is 32.1. The number of carbonyl (C=O) groups is 2. The fourth-order valence-corrected chi connectivity index (χ4v) is 7.32. The quantitative estimate of drug-likeness (QED) is 0.215. The molecule has 0 radical (unpaired) electrons. The smallest absolute Gasteiger partial charge is 0.345 e. The van der Waals surface area contributed by atoms with Gasteiger partial charge in [0.05, 0.1) is 0 Å². The van der Waals surface area contributed by atoms with Gasteiger partial charge in [-0.25, -0.2) is 9.59 Å². The lowest BCUT2D eigenvalue weighted by Gasteiger charge is -2.03. The Kier molecular flexibility index (Phi) is 9.71. The summed E-state index contributed by atoms with van der Waals surface area (Å²) >= 11 is 4.33. The van der Waals surface area contributed by atoms with E-state index in [1.54, 1.807) is 11.3 Å². The third-order valence-corrected chi connectivity index (χ3v) is 9.47. The van der Waals surface area contributed by atoms with Crippen LogP contribution in [0.4, 0.5) is 0 Å². The maximum absolute atomic E-state index is 11.6. The first-order valence-electron chi connectivity index (χ1n) is 11.8. The first-order chi connectivity index (χ1) is 15.9. The average Bonchev–Trinajstić information content (AvgIpc) is 3.52. The minimum Gasteiger partial charge on any atom is -0.477 e. The first-order valence-corrected chi connectivity index (χ1v) is 14.2. The maximum Gasteiger partial charge on any atom is 0.345 e. The van der Waals surface area contributed by atoms with Crippen molar-refractivity contribution in [3.8, 4) is 19.5 Å². The van der Waals surface area contributed by atoms with Crippen LogP contribution in [0.25, 0.3) is 19.5 Å². The Hall–Kier alpha value is -1.96. The zero-order chi connectivity index (χ0) is 23.8. The predicted octanol–water partition coefficient (Wildman–Crippen LogP) is 8.85. The highest BCUT2D eigenvalue weighted by Crippen LogP contribution is 2.44. The molecule has 0 aliphatic carbocycles. The molecule has 0 amide bonds. The van der Waals surface area contributed by atoms with Gasteiger partial charge in [0.15, 0.2) is 0 Å². The van der Waals surface area contributed by atoms with E-state index in [2.05, 4.69) is 26.0 Å². The second-order valence-corrected chi connectivity index (χ2v) is 11.5. The third-order valence-electron chi connectivity index (χ3n) is 5.69. The topological polar surface area (TPSA) is 74.6 Å².